The summed E-state index contributed by atoms with van der Waals surface area (Å²) in [6.45, 7) is 4.28. The fourth-order valence-electron chi connectivity index (χ4n) is 2.04. The van der Waals surface area contributed by atoms with Crippen molar-refractivity contribution in [2.75, 3.05) is 13.7 Å². The highest BCUT2D eigenvalue weighted by Crippen LogP contribution is 2.09. The molecule has 1 aromatic carbocycles. The zero-order chi connectivity index (χ0) is 15.1. The largest absolute Gasteiger partial charge is 0.480 e. The molecular weight excluding hydrogens is 258 g/mol. The lowest BCUT2D eigenvalue weighted by Crippen LogP contribution is -2.41. The van der Waals surface area contributed by atoms with Crippen molar-refractivity contribution in [2.24, 2.45) is 0 Å². The topological polar surface area (TPSA) is 75.6 Å². The van der Waals surface area contributed by atoms with Gasteiger partial charge in [0.15, 0.2) is 0 Å². The molecule has 5 nitrogen and oxygen atoms in total. The van der Waals surface area contributed by atoms with Crippen LogP contribution < -0.4 is 5.32 Å². The summed E-state index contributed by atoms with van der Waals surface area (Å²) in [5.41, 5.74) is 2.43. The Bertz CT molecular complexity index is 465. The number of carboxylic acids is 1. The summed E-state index contributed by atoms with van der Waals surface area (Å²) in [6.07, 6.45) is 0.931. The van der Waals surface area contributed by atoms with E-state index in [0.29, 0.717) is 25.0 Å². The minimum absolute atomic E-state index is 0.347. The maximum atomic E-state index is 12.1. The quantitative estimate of drug-likeness (QED) is 0.748. The number of carboxylic acid groups (broad SMARTS) is 1. The van der Waals surface area contributed by atoms with Gasteiger partial charge in [-0.2, -0.15) is 0 Å². The first-order chi connectivity index (χ1) is 9.43. The summed E-state index contributed by atoms with van der Waals surface area (Å²) in [5.74, 6) is -1.39. The van der Waals surface area contributed by atoms with Crippen LogP contribution in [0.2, 0.25) is 0 Å². The SMILES string of the molecule is COCCCC(NC(=O)c1cc(C)cc(C)c1)C(=O)O. The average molecular weight is 279 g/mol. The lowest BCUT2D eigenvalue weighted by Gasteiger charge is -2.14. The number of rotatable bonds is 7. The second-order valence-corrected chi connectivity index (χ2v) is 4.88. The number of aryl methyl sites for hydroxylation is 2. The van der Waals surface area contributed by atoms with E-state index in [1.165, 1.54) is 0 Å². The number of hydrogen-bond acceptors (Lipinski definition) is 3. The van der Waals surface area contributed by atoms with Gasteiger partial charge in [-0.05, 0) is 38.8 Å². The standard InChI is InChI=1S/C15H21NO4/c1-10-7-11(2)9-12(8-10)14(17)16-13(15(18)19)5-4-6-20-3/h7-9,13H,4-6H2,1-3H3,(H,16,17)(H,18,19). The van der Waals surface area contributed by atoms with Crippen molar-refractivity contribution >= 4 is 11.9 Å². The Morgan fingerprint density at radius 1 is 1.25 bits per heavy atom. The highest BCUT2D eigenvalue weighted by Gasteiger charge is 2.20. The fourth-order valence-corrected chi connectivity index (χ4v) is 2.04. The van der Waals surface area contributed by atoms with Gasteiger partial charge in [0.1, 0.15) is 6.04 Å². The lowest BCUT2D eigenvalue weighted by atomic mass is 10.1. The zero-order valence-corrected chi connectivity index (χ0v) is 12.1. The van der Waals surface area contributed by atoms with Crippen molar-refractivity contribution in [3.05, 3.63) is 34.9 Å². The van der Waals surface area contributed by atoms with Gasteiger partial charge in [-0.3, -0.25) is 4.79 Å². The molecule has 0 aliphatic carbocycles. The molecule has 20 heavy (non-hydrogen) atoms. The number of carbonyl (C=O) groups excluding carboxylic acids is 1. The fraction of sp³-hybridized carbons (Fsp3) is 0.467. The van der Waals surface area contributed by atoms with E-state index in [1.807, 2.05) is 19.9 Å². The molecule has 0 aromatic heterocycles. The van der Waals surface area contributed by atoms with Crippen LogP contribution in [0.1, 0.15) is 34.3 Å². The highest BCUT2D eigenvalue weighted by molar-refractivity contribution is 5.96. The Hall–Kier alpha value is -1.88. The molecule has 1 atom stereocenters. The van der Waals surface area contributed by atoms with Crippen molar-refractivity contribution in [1.29, 1.82) is 0 Å². The van der Waals surface area contributed by atoms with Crippen molar-refractivity contribution < 1.29 is 19.4 Å². The van der Waals surface area contributed by atoms with Crippen LogP contribution in [-0.4, -0.2) is 36.7 Å². The maximum Gasteiger partial charge on any atom is 0.326 e. The van der Waals surface area contributed by atoms with E-state index in [-0.39, 0.29) is 5.91 Å². The summed E-state index contributed by atoms with van der Waals surface area (Å²) in [4.78, 5) is 23.2. The van der Waals surface area contributed by atoms with Crippen LogP contribution in [0, 0.1) is 13.8 Å². The number of ether oxygens (including phenoxy) is 1. The van der Waals surface area contributed by atoms with E-state index in [9.17, 15) is 9.59 Å². The van der Waals surface area contributed by atoms with E-state index >= 15 is 0 Å². The van der Waals surface area contributed by atoms with E-state index in [4.69, 9.17) is 9.84 Å². The molecule has 0 saturated carbocycles. The first-order valence-electron chi connectivity index (χ1n) is 6.55. The number of carbonyl (C=O) groups is 2. The monoisotopic (exact) mass is 279 g/mol. The Morgan fingerprint density at radius 3 is 2.35 bits per heavy atom. The van der Waals surface area contributed by atoms with Crippen LogP contribution in [0.4, 0.5) is 0 Å². The van der Waals surface area contributed by atoms with Crippen molar-refractivity contribution in [3.63, 3.8) is 0 Å². The summed E-state index contributed by atoms with van der Waals surface area (Å²) in [6, 6.07) is 4.56. The molecule has 0 spiro atoms. The van der Waals surface area contributed by atoms with Crippen LogP contribution >= 0.6 is 0 Å². The van der Waals surface area contributed by atoms with Crippen molar-refractivity contribution in [3.8, 4) is 0 Å². The Morgan fingerprint density at radius 2 is 1.85 bits per heavy atom. The Labute approximate surface area is 118 Å². The molecule has 0 radical (unpaired) electrons. The predicted molar refractivity (Wildman–Crippen MR) is 75.9 cm³/mol. The minimum Gasteiger partial charge on any atom is -0.480 e. The molecule has 2 N–H and O–H groups in total. The molecule has 0 fully saturated rings. The molecule has 1 unspecified atom stereocenters. The molecule has 1 aromatic rings. The smallest absolute Gasteiger partial charge is 0.326 e. The molecule has 5 heteroatoms. The first kappa shape index (κ1) is 16.2. The summed E-state index contributed by atoms with van der Waals surface area (Å²) in [7, 11) is 1.56. The molecule has 0 bridgehead atoms. The third kappa shape index (κ3) is 5.01. The molecule has 0 saturated heterocycles. The molecule has 0 aliphatic rings. The number of benzene rings is 1. The number of nitrogens with one attached hydrogen (secondary N) is 1. The van der Waals surface area contributed by atoms with Gasteiger partial charge in [0.2, 0.25) is 0 Å². The third-order valence-corrected chi connectivity index (χ3v) is 2.93. The first-order valence-corrected chi connectivity index (χ1v) is 6.55. The second kappa shape index (κ2) is 7.65. The Balaban J connectivity index is 2.72. The molecule has 0 aliphatic heterocycles. The van der Waals surface area contributed by atoms with Crippen LogP contribution in [0.5, 0.6) is 0 Å². The molecule has 0 heterocycles. The van der Waals surface area contributed by atoms with Crippen LogP contribution in [-0.2, 0) is 9.53 Å². The van der Waals surface area contributed by atoms with Gasteiger partial charge in [-0.15, -0.1) is 0 Å². The number of amides is 1. The van der Waals surface area contributed by atoms with Gasteiger partial charge < -0.3 is 15.2 Å². The zero-order valence-electron chi connectivity index (χ0n) is 12.1. The van der Waals surface area contributed by atoms with E-state index in [1.54, 1.807) is 19.2 Å². The van der Waals surface area contributed by atoms with Gasteiger partial charge in [0, 0.05) is 19.3 Å². The van der Waals surface area contributed by atoms with Gasteiger partial charge in [-0.25, -0.2) is 4.79 Å². The minimum atomic E-state index is -1.03. The molecule has 1 rings (SSSR count). The summed E-state index contributed by atoms with van der Waals surface area (Å²) < 4.78 is 4.89. The highest BCUT2D eigenvalue weighted by atomic mass is 16.5. The maximum absolute atomic E-state index is 12.1. The van der Waals surface area contributed by atoms with E-state index in [2.05, 4.69) is 5.32 Å². The number of methoxy groups -OCH3 is 1. The molecule has 110 valence electrons. The number of hydrogen-bond donors (Lipinski definition) is 2. The number of aliphatic carboxylic acids is 1. The van der Waals surface area contributed by atoms with Crippen LogP contribution in [0.3, 0.4) is 0 Å². The van der Waals surface area contributed by atoms with Gasteiger partial charge in [0.25, 0.3) is 5.91 Å². The van der Waals surface area contributed by atoms with Gasteiger partial charge in [0.05, 0.1) is 0 Å². The van der Waals surface area contributed by atoms with Crippen LogP contribution in [0.25, 0.3) is 0 Å². The molecular formula is C15H21NO4. The van der Waals surface area contributed by atoms with Crippen molar-refractivity contribution in [2.45, 2.75) is 32.7 Å². The van der Waals surface area contributed by atoms with Crippen LogP contribution in [0.15, 0.2) is 18.2 Å². The average Bonchev–Trinajstić information content (AvgIpc) is 2.36. The van der Waals surface area contributed by atoms with Gasteiger partial charge >= 0.3 is 5.97 Å². The predicted octanol–water partition coefficient (Wildman–Crippen LogP) is 1.91. The lowest BCUT2D eigenvalue weighted by molar-refractivity contribution is -0.139. The molecule has 1 amide bonds. The van der Waals surface area contributed by atoms with E-state index in [0.717, 1.165) is 11.1 Å². The van der Waals surface area contributed by atoms with Gasteiger partial charge in [-0.1, -0.05) is 17.2 Å². The normalized spacial score (nSPS) is 11.9. The van der Waals surface area contributed by atoms with E-state index < -0.39 is 12.0 Å². The van der Waals surface area contributed by atoms with Crippen molar-refractivity contribution in [1.82, 2.24) is 5.32 Å². The summed E-state index contributed by atoms with van der Waals surface area (Å²) in [5, 5.41) is 11.7. The second-order valence-electron chi connectivity index (χ2n) is 4.88. The summed E-state index contributed by atoms with van der Waals surface area (Å²) >= 11 is 0. The third-order valence-electron chi connectivity index (χ3n) is 2.93. The Kier molecular flexibility index (Phi) is 6.18.